The molecule has 2 bridgehead atoms. The van der Waals surface area contributed by atoms with E-state index in [2.05, 4.69) is 13.2 Å². The Kier molecular flexibility index (Phi) is 12.1. The number of carbonyl (C=O) groups is 4. The minimum Gasteiger partial charge on any atom is -0.455 e. The molecule has 3 saturated heterocycles. The third-order valence-corrected chi connectivity index (χ3v) is 11.5. The lowest BCUT2D eigenvalue weighted by atomic mass is 9.70. The Hall–Kier alpha value is -4.77. The van der Waals surface area contributed by atoms with Gasteiger partial charge in [-0.25, -0.2) is 0 Å². The molecule has 8 atom stereocenters. The Labute approximate surface area is 322 Å². The van der Waals surface area contributed by atoms with Crippen molar-refractivity contribution in [3.05, 3.63) is 126 Å². The van der Waals surface area contributed by atoms with Gasteiger partial charge in [-0.1, -0.05) is 84.4 Å². The van der Waals surface area contributed by atoms with Crippen LogP contribution in [0.4, 0.5) is 5.69 Å². The molecule has 3 aliphatic rings. The summed E-state index contributed by atoms with van der Waals surface area (Å²) in [5, 5.41) is 11.4. The van der Waals surface area contributed by atoms with Gasteiger partial charge < -0.3 is 29.3 Å². The van der Waals surface area contributed by atoms with Gasteiger partial charge in [-0.15, -0.1) is 13.2 Å². The molecule has 6 rings (SSSR count). The largest absolute Gasteiger partial charge is 0.455 e. The highest BCUT2D eigenvalue weighted by Gasteiger charge is 2.75. The second-order valence-electron chi connectivity index (χ2n) is 14.4. The van der Waals surface area contributed by atoms with Crippen molar-refractivity contribution >= 4 is 41.0 Å². The van der Waals surface area contributed by atoms with Gasteiger partial charge in [0.1, 0.15) is 17.7 Å². The average molecular weight is 754 g/mol. The highest BCUT2D eigenvalue weighted by atomic mass is 35.5. The van der Waals surface area contributed by atoms with E-state index in [1.807, 2.05) is 67.6 Å². The SMILES string of the molecule is C=CCCC(=O)N(C)[C@H](C)[C@H](OC(=O)[C@@H]1[C@H]2C(=O)N([C@@H](CO)Cc3ccccc3)[C@H](C(=O)N(CC=C)c3ccc(Cl)cc3)[C@]23CC[C@H]1O3)c1ccccc1. The number of fused-ring (bicyclic) bond motifs is 1. The van der Waals surface area contributed by atoms with E-state index in [0.29, 0.717) is 35.5 Å². The zero-order chi connectivity index (χ0) is 38.6. The molecule has 1 N–H and O–H groups in total. The molecular formula is C43H48ClN3O7. The minimum absolute atomic E-state index is 0.122. The van der Waals surface area contributed by atoms with Crippen LogP contribution in [0.25, 0.3) is 0 Å². The van der Waals surface area contributed by atoms with Crippen molar-refractivity contribution < 1.29 is 33.8 Å². The zero-order valence-corrected chi connectivity index (χ0v) is 31.5. The first-order chi connectivity index (χ1) is 26.1. The van der Waals surface area contributed by atoms with Crippen LogP contribution in [0.2, 0.25) is 5.02 Å². The molecule has 3 fully saturated rings. The molecule has 0 radical (unpaired) electrons. The molecular weight excluding hydrogens is 706 g/mol. The Balaban J connectivity index is 1.38. The lowest BCUT2D eigenvalue weighted by molar-refractivity contribution is -0.165. The highest BCUT2D eigenvalue weighted by Crippen LogP contribution is 2.59. The summed E-state index contributed by atoms with van der Waals surface area (Å²) in [6, 6.07) is 23.0. The molecule has 1 spiro atoms. The van der Waals surface area contributed by atoms with Crippen molar-refractivity contribution in [1.82, 2.24) is 9.80 Å². The van der Waals surface area contributed by atoms with Crippen LogP contribution in [0.3, 0.4) is 0 Å². The summed E-state index contributed by atoms with van der Waals surface area (Å²) < 4.78 is 13.1. The smallest absolute Gasteiger partial charge is 0.313 e. The molecule has 3 aliphatic heterocycles. The summed E-state index contributed by atoms with van der Waals surface area (Å²) in [6.07, 6.45) is 3.59. The van der Waals surface area contributed by atoms with Crippen LogP contribution < -0.4 is 4.90 Å². The molecule has 0 aromatic heterocycles. The number of halogens is 1. The van der Waals surface area contributed by atoms with E-state index in [4.69, 9.17) is 21.1 Å². The first-order valence-corrected chi connectivity index (χ1v) is 18.9. The number of esters is 1. The first kappa shape index (κ1) is 38.9. The van der Waals surface area contributed by atoms with Gasteiger partial charge >= 0.3 is 5.97 Å². The fourth-order valence-electron chi connectivity index (χ4n) is 8.51. The van der Waals surface area contributed by atoms with Gasteiger partial charge in [0.15, 0.2) is 0 Å². The summed E-state index contributed by atoms with van der Waals surface area (Å²) in [7, 11) is 1.68. The van der Waals surface area contributed by atoms with Crippen LogP contribution in [0.5, 0.6) is 0 Å². The van der Waals surface area contributed by atoms with E-state index >= 15 is 4.79 Å². The molecule has 284 valence electrons. The maximum Gasteiger partial charge on any atom is 0.313 e. The van der Waals surface area contributed by atoms with Gasteiger partial charge in [-0.2, -0.15) is 0 Å². The number of hydrogen-bond donors (Lipinski definition) is 1. The molecule has 3 amide bonds. The Morgan fingerprint density at radius 2 is 1.70 bits per heavy atom. The molecule has 54 heavy (non-hydrogen) atoms. The maximum atomic E-state index is 15.0. The van der Waals surface area contributed by atoms with E-state index in [9.17, 15) is 19.5 Å². The van der Waals surface area contributed by atoms with Crippen LogP contribution in [0.15, 0.2) is 110 Å². The third-order valence-electron chi connectivity index (χ3n) is 11.3. The molecule has 3 aromatic carbocycles. The number of amides is 3. The molecule has 11 heteroatoms. The quantitative estimate of drug-likeness (QED) is 0.142. The number of allylic oxidation sites excluding steroid dienone is 1. The zero-order valence-electron chi connectivity index (χ0n) is 30.8. The topological polar surface area (TPSA) is 117 Å². The highest BCUT2D eigenvalue weighted by molar-refractivity contribution is 6.30. The van der Waals surface area contributed by atoms with Crippen LogP contribution >= 0.6 is 11.6 Å². The monoisotopic (exact) mass is 753 g/mol. The minimum atomic E-state index is -1.36. The lowest BCUT2D eigenvalue weighted by Gasteiger charge is -2.39. The van der Waals surface area contributed by atoms with Crippen molar-refractivity contribution in [1.29, 1.82) is 0 Å². The van der Waals surface area contributed by atoms with Gasteiger partial charge in [0, 0.05) is 30.7 Å². The molecule has 3 heterocycles. The number of aliphatic hydroxyl groups excluding tert-OH is 1. The summed E-state index contributed by atoms with van der Waals surface area (Å²) in [6.45, 7) is 9.14. The van der Waals surface area contributed by atoms with E-state index in [1.54, 1.807) is 48.4 Å². The second-order valence-corrected chi connectivity index (χ2v) is 14.8. The van der Waals surface area contributed by atoms with Crippen LogP contribution in [-0.4, -0.2) is 88.6 Å². The fourth-order valence-corrected chi connectivity index (χ4v) is 8.64. The number of anilines is 1. The summed E-state index contributed by atoms with van der Waals surface area (Å²) in [5.74, 6) is -3.68. The molecule has 0 aliphatic carbocycles. The summed E-state index contributed by atoms with van der Waals surface area (Å²) >= 11 is 6.20. The van der Waals surface area contributed by atoms with Gasteiger partial charge in [0.05, 0.1) is 36.6 Å². The number of aliphatic hydroxyl groups is 1. The standard InChI is InChI=1S/C43H48ClN3O7/c1-5-7-18-35(49)45(4)28(3)38(30-16-12-9-13-17-30)53-42(52)36-34-23-24-43(54-34)37(36)40(50)47(33(27-48)26-29-14-10-8-11-15-29)39(43)41(51)46(25-6-2)32-21-19-31(44)20-22-32/h5-6,8-17,19-22,28,33-34,36-39,48H,1-2,7,18,23-27H2,3-4H3/t28-,33-,34-,36+,37+,38+,39-,43+/m1/s1. The van der Waals surface area contributed by atoms with Crippen molar-refractivity contribution in [3.8, 4) is 0 Å². The molecule has 3 aromatic rings. The molecule has 10 nitrogen and oxygen atoms in total. The number of carbonyl (C=O) groups excluding carboxylic acids is 4. The number of likely N-dealkylation sites (N-methyl/N-ethyl adjacent to an activating group) is 1. The fraction of sp³-hybridized carbons (Fsp3) is 0.395. The molecule has 0 unspecified atom stereocenters. The van der Waals surface area contributed by atoms with E-state index in [1.165, 1.54) is 9.80 Å². The predicted octanol–water partition coefficient (Wildman–Crippen LogP) is 5.93. The first-order valence-electron chi connectivity index (χ1n) is 18.5. The Bertz CT molecular complexity index is 1840. The van der Waals surface area contributed by atoms with Crippen molar-refractivity contribution in [2.75, 3.05) is 25.1 Å². The second kappa shape index (κ2) is 16.7. The predicted molar refractivity (Wildman–Crippen MR) is 206 cm³/mol. The van der Waals surface area contributed by atoms with E-state index < -0.39 is 72.2 Å². The summed E-state index contributed by atoms with van der Waals surface area (Å²) in [4.78, 5) is 62.3. The van der Waals surface area contributed by atoms with Gasteiger partial charge in [0.2, 0.25) is 11.8 Å². The Morgan fingerprint density at radius 1 is 1.04 bits per heavy atom. The van der Waals surface area contributed by atoms with E-state index in [-0.39, 0.29) is 25.3 Å². The third kappa shape index (κ3) is 7.34. The number of ether oxygens (including phenoxy) is 2. The van der Waals surface area contributed by atoms with Gasteiger partial charge in [0.25, 0.3) is 5.91 Å². The van der Waals surface area contributed by atoms with Crippen LogP contribution in [-0.2, 0) is 35.1 Å². The van der Waals surface area contributed by atoms with Crippen molar-refractivity contribution in [2.45, 2.75) is 75.0 Å². The normalized spacial score (nSPS) is 24.3. The number of benzene rings is 3. The van der Waals surface area contributed by atoms with E-state index in [0.717, 1.165) is 5.56 Å². The average Bonchev–Trinajstić information content (AvgIpc) is 3.84. The number of rotatable bonds is 16. The van der Waals surface area contributed by atoms with Gasteiger partial charge in [-0.3, -0.25) is 19.2 Å². The van der Waals surface area contributed by atoms with Crippen molar-refractivity contribution in [3.63, 3.8) is 0 Å². The lowest BCUT2D eigenvalue weighted by Crippen LogP contribution is -2.59. The molecule has 0 saturated carbocycles. The van der Waals surface area contributed by atoms with Crippen LogP contribution in [0, 0.1) is 11.8 Å². The van der Waals surface area contributed by atoms with Gasteiger partial charge in [-0.05, 0) is 68.0 Å². The number of hydrogen-bond acceptors (Lipinski definition) is 7. The van der Waals surface area contributed by atoms with Crippen molar-refractivity contribution in [2.24, 2.45) is 11.8 Å². The number of likely N-dealkylation sites (tertiary alicyclic amines) is 1. The van der Waals surface area contributed by atoms with Crippen LogP contribution in [0.1, 0.15) is 49.8 Å². The summed E-state index contributed by atoms with van der Waals surface area (Å²) in [5.41, 5.74) is 0.761. The Morgan fingerprint density at radius 3 is 2.33 bits per heavy atom. The maximum absolute atomic E-state index is 15.0. The number of nitrogens with zero attached hydrogens (tertiary/aromatic N) is 3.